The van der Waals surface area contributed by atoms with Crippen LogP contribution in [0.5, 0.6) is 11.5 Å². The molecule has 5 rings (SSSR count). The van der Waals surface area contributed by atoms with E-state index >= 15 is 0 Å². The molecule has 10 heteroatoms. The molecule has 2 heterocycles. The summed E-state index contributed by atoms with van der Waals surface area (Å²) in [4.78, 5) is 33.1. The van der Waals surface area contributed by atoms with Crippen molar-refractivity contribution in [1.29, 1.82) is 0 Å². The molecule has 0 atom stereocenters. The van der Waals surface area contributed by atoms with Gasteiger partial charge in [0, 0.05) is 11.1 Å². The van der Waals surface area contributed by atoms with Crippen LogP contribution >= 0.6 is 0 Å². The average molecular weight is 452 g/mol. The Balaban J connectivity index is 1.32. The highest BCUT2D eigenvalue weighted by molar-refractivity contribution is 5.88. The van der Waals surface area contributed by atoms with Crippen LogP contribution in [0, 0.1) is 0 Å². The number of carbonyl (C=O) groups excluding carboxylic acids is 2. The van der Waals surface area contributed by atoms with E-state index in [4.69, 9.17) is 9.47 Å². The molecule has 0 radical (unpaired) electrons. The maximum Gasteiger partial charge on any atom is 0.383 e. The van der Waals surface area contributed by atoms with Crippen LogP contribution < -0.4 is 9.47 Å². The largest absolute Gasteiger partial charge is 0.421 e. The summed E-state index contributed by atoms with van der Waals surface area (Å²) in [6.45, 7) is 0. The van der Waals surface area contributed by atoms with Crippen molar-refractivity contribution in [2.24, 2.45) is 0 Å². The zero-order valence-electron chi connectivity index (χ0n) is 17.5. The Kier molecular flexibility index (Phi) is 5.60. The van der Waals surface area contributed by atoms with Gasteiger partial charge in [-0.3, -0.25) is 10.2 Å². The average Bonchev–Trinajstić information content (AvgIpc) is 3.56. The van der Waals surface area contributed by atoms with E-state index < -0.39 is 11.9 Å². The number of H-pyrrole nitrogens is 2. The zero-order valence-corrected chi connectivity index (χ0v) is 17.5. The smallest absolute Gasteiger partial charge is 0.383 e. The minimum absolute atomic E-state index is 0.102. The lowest BCUT2D eigenvalue weighted by molar-refractivity contribution is 0.0713. The molecule has 0 aliphatic rings. The molecule has 10 nitrogen and oxygen atoms in total. The van der Waals surface area contributed by atoms with Gasteiger partial charge in [-0.1, -0.05) is 54.6 Å². The molecular weight excluding hydrogens is 436 g/mol. The van der Waals surface area contributed by atoms with Gasteiger partial charge in [0.25, 0.3) is 11.6 Å². The summed E-state index contributed by atoms with van der Waals surface area (Å²) < 4.78 is 10.5. The van der Waals surface area contributed by atoms with E-state index in [0.717, 1.165) is 0 Å². The van der Waals surface area contributed by atoms with Gasteiger partial charge in [-0.15, -0.1) is 10.2 Å². The van der Waals surface area contributed by atoms with Crippen LogP contribution in [0.25, 0.3) is 22.8 Å². The van der Waals surface area contributed by atoms with Gasteiger partial charge in [0.15, 0.2) is 11.6 Å². The summed E-state index contributed by atoms with van der Waals surface area (Å²) in [7, 11) is 0. The van der Waals surface area contributed by atoms with Crippen molar-refractivity contribution < 1.29 is 19.1 Å². The lowest BCUT2D eigenvalue weighted by atomic mass is 10.1. The van der Waals surface area contributed by atoms with Crippen LogP contribution in [0.1, 0.15) is 21.2 Å². The minimum atomic E-state index is -0.679. The van der Waals surface area contributed by atoms with E-state index in [1.54, 1.807) is 72.8 Å². The first-order valence-electron chi connectivity index (χ1n) is 10.2. The van der Waals surface area contributed by atoms with Gasteiger partial charge in [-0.25, -0.2) is 19.6 Å². The monoisotopic (exact) mass is 452 g/mol. The first-order valence-corrected chi connectivity index (χ1v) is 10.2. The maximum absolute atomic E-state index is 12.3. The molecule has 0 saturated heterocycles. The van der Waals surface area contributed by atoms with Crippen molar-refractivity contribution in [1.82, 2.24) is 30.4 Å². The number of nitrogens with one attached hydrogen (secondary N) is 2. The van der Waals surface area contributed by atoms with E-state index in [-0.39, 0.29) is 11.6 Å². The molecule has 2 aromatic heterocycles. The van der Waals surface area contributed by atoms with Gasteiger partial charge in [0.1, 0.15) is 11.5 Å². The van der Waals surface area contributed by atoms with Gasteiger partial charge in [-0.05, 0) is 30.3 Å². The minimum Gasteiger partial charge on any atom is -0.421 e. The molecule has 3 aromatic carbocycles. The number of rotatable bonds is 6. The van der Waals surface area contributed by atoms with E-state index in [0.29, 0.717) is 34.3 Å². The molecule has 2 N–H and O–H groups in total. The Morgan fingerprint density at radius 2 is 1.03 bits per heavy atom. The fourth-order valence-corrected chi connectivity index (χ4v) is 3.06. The molecular formula is C24H16N6O4. The number of para-hydroxylation sites is 2. The number of nitrogens with zero attached hydrogens (tertiary/aromatic N) is 4. The van der Waals surface area contributed by atoms with Crippen molar-refractivity contribution in [3.05, 3.63) is 96.6 Å². The number of benzene rings is 3. The maximum atomic E-state index is 12.3. The molecule has 34 heavy (non-hydrogen) atoms. The predicted molar refractivity (Wildman–Crippen MR) is 120 cm³/mol. The highest BCUT2D eigenvalue weighted by atomic mass is 16.5. The van der Waals surface area contributed by atoms with Crippen molar-refractivity contribution in [3.63, 3.8) is 0 Å². The summed E-state index contributed by atoms with van der Waals surface area (Å²) in [6.07, 6.45) is 0. The molecule has 0 saturated carbocycles. The summed E-state index contributed by atoms with van der Waals surface area (Å²) in [5, 5.41) is 13.4. The lowest BCUT2D eigenvalue weighted by Gasteiger charge is -2.01. The van der Waals surface area contributed by atoms with Crippen LogP contribution in [0.15, 0.2) is 84.9 Å². The highest BCUT2D eigenvalue weighted by Gasteiger charge is 2.18. The predicted octanol–water partition coefficient (Wildman–Crippen LogP) is 3.70. The second-order valence-corrected chi connectivity index (χ2v) is 7.00. The number of ether oxygens (including phenoxy) is 2. The van der Waals surface area contributed by atoms with Crippen molar-refractivity contribution >= 4 is 11.9 Å². The third kappa shape index (κ3) is 4.55. The second-order valence-electron chi connectivity index (χ2n) is 7.00. The Morgan fingerprint density at radius 1 is 0.588 bits per heavy atom. The Labute approximate surface area is 192 Å². The second kappa shape index (κ2) is 9.17. The standard InChI is InChI=1S/C24H16N6O4/c31-23(33-17-10-3-1-4-11-17)21-25-19(27-29-21)15-8-7-9-16(14-15)20-26-22(30-28-20)24(32)34-18-12-5-2-6-13-18/h1-14H,(H,25,27,29)(H,26,28,30). The van der Waals surface area contributed by atoms with Gasteiger partial charge < -0.3 is 9.47 Å². The van der Waals surface area contributed by atoms with E-state index in [1.807, 2.05) is 12.1 Å². The topological polar surface area (TPSA) is 136 Å². The van der Waals surface area contributed by atoms with Crippen LogP contribution in [-0.4, -0.2) is 42.3 Å². The number of hydrogen-bond acceptors (Lipinski definition) is 8. The molecule has 166 valence electrons. The van der Waals surface area contributed by atoms with Crippen LogP contribution in [0.3, 0.4) is 0 Å². The summed E-state index contributed by atoms with van der Waals surface area (Å²) in [5.74, 6) is -0.0382. The quantitative estimate of drug-likeness (QED) is 0.294. The first kappa shape index (κ1) is 20.8. The number of aromatic amines is 2. The first-order chi connectivity index (χ1) is 16.7. The van der Waals surface area contributed by atoms with Crippen molar-refractivity contribution in [2.75, 3.05) is 0 Å². The van der Waals surface area contributed by atoms with Crippen LogP contribution in [-0.2, 0) is 0 Å². The fraction of sp³-hybridized carbons (Fsp3) is 0. The van der Waals surface area contributed by atoms with Crippen LogP contribution in [0.2, 0.25) is 0 Å². The Hall–Kier alpha value is -5.12. The normalized spacial score (nSPS) is 10.6. The van der Waals surface area contributed by atoms with E-state index in [1.165, 1.54) is 0 Å². The van der Waals surface area contributed by atoms with Gasteiger partial charge >= 0.3 is 11.9 Å². The summed E-state index contributed by atoms with van der Waals surface area (Å²) in [5.41, 5.74) is 1.29. The molecule has 0 unspecified atom stereocenters. The lowest BCUT2D eigenvalue weighted by Crippen LogP contribution is -2.10. The van der Waals surface area contributed by atoms with E-state index in [2.05, 4.69) is 30.4 Å². The molecule has 0 aliphatic heterocycles. The SMILES string of the molecule is O=C(Oc1ccccc1)c1n[nH]c(-c2cccc(-c3nc(C(=O)Oc4ccccc4)n[nH]3)c2)n1. The van der Waals surface area contributed by atoms with E-state index in [9.17, 15) is 9.59 Å². The molecule has 0 fully saturated rings. The number of esters is 2. The molecule has 0 bridgehead atoms. The Bertz CT molecular complexity index is 1340. The summed E-state index contributed by atoms with van der Waals surface area (Å²) >= 11 is 0. The molecule has 5 aromatic rings. The highest BCUT2D eigenvalue weighted by Crippen LogP contribution is 2.23. The van der Waals surface area contributed by atoms with Crippen molar-refractivity contribution in [2.45, 2.75) is 0 Å². The third-order valence-electron chi connectivity index (χ3n) is 4.65. The van der Waals surface area contributed by atoms with Crippen LogP contribution in [0.4, 0.5) is 0 Å². The Morgan fingerprint density at radius 3 is 1.47 bits per heavy atom. The van der Waals surface area contributed by atoms with Crippen molar-refractivity contribution in [3.8, 4) is 34.3 Å². The third-order valence-corrected chi connectivity index (χ3v) is 4.65. The summed E-state index contributed by atoms with van der Waals surface area (Å²) in [6, 6.07) is 24.4. The zero-order chi connectivity index (χ0) is 23.3. The number of carbonyl (C=O) groups is 2. The van der Waals surface area contributed by atoms with Gasteiger partial charge in [-0.2, -0.15) is 0 Å². The van der Waals surface area contributed by atoms with Gasteiger partial charge in [0.05, 0.1) is 0 Å². The molecule has 0 aliphatic carbocycles. The van der Waals surface area contributed by atoms with Gasteiger partial charge in [0.2, 0.25) is 0 Å². The molecule has 0 spiro atoms. The number of hydrogen-bond donors (Lipinski definition) is 2. The number of aromatic nitrogens is 6. The molecule has 0 amide bonds. The fourth-order valence-electron chi connectivity index (χ4n) is 3.06.